The minimum Gasteiger partial charge on any atom is -0.381 e. The van der Waals surface area contributed by atoms with Crippen LogP contribution in [0.3, 0.4) is 0 Å². The third-order valence-corrected chi connectivity index (χ3v) is 5.25. The molecule has 1 N–H and O–H groups in total. The number of hydrogen-bond donors (Lipinski definition) is 1. The largest absolute Gasteiger partial charge is 0.420 e. The van der Waals surface area contributed by atoms with Gasteiger partial charge < -0.3 is 10.2 Å². The summed E-state index contributed by atoms with van der Waals surface area (Å²) < 4.78 is 45.6. The number of fused-ring (bicyclic) bond motifs is 2. The molecule has 27 heavy (non-hydrogen) atoms. The summed E-state index contributed by atoms with van der Waals surface area (Å²) in [5.74, 6) is 0. The van der Waals surface area contributed by atoms with Crippen molar-refractivity contribution in [3.8, 4) is 11.1 Å². The Bertz CT molecular complexity index is 987. The second kappa shape index (κ2) is 6.00. The van der Waals surface area contributed by atoms with Gasteiger partial charge in [-0.25, -0.2) is 5.01 Å². The Morgan fingerprint density at radius 2 is 1.93 bits per heavy atom. The zero-order chi connectivity index (χ0) is 18.6. The Hall–Kier alpha value is -2.52. The summed E-state index contributed by atoms with van der Waals surface area (Å²) in [6.07, 6.45) is -0.451. The Labute approximate surface area is 152 Å². The molecule has 140 valence electrons. The third kappa shape index (κ3) is 2.69. The highest BCUT2D eigenvalue weighted by Crippen LogP contribution is 2.43. The van der Waals surface area contributed by atoms with E-state index in [0.29, 0.717) is 31.4 Å². The van der Waals surface area contributed by atoms with Gasteiger partial charge in [-0.1, -0.05) is 0 Å². The van der Waals surface area contributed by atoms with Crippen molar-refractivity contribution >= 4 is 16.7 Å². The smallest absolute Gasteiger partial charge is 0.381 e. The van der Waals surface area contributed by atoms with Crippen LogP contribution in [-0.4, -0.2) is 39.4 Å². The molecule has 5 rings (SSSR count). The zero-order valence-electron chi connectivity index (χ0n) is 14.3. The van der Waals surface area contributed by atoms with Crippen molar-refractivity contribution in [3.05, 3.63) is 35.7 Å². The molecule has 1 saturated heterocycles. The zero-order valence-corrected chi connectivity index (χ0v) is 14.3. The molecule has 1 aromatic rings. The lowest BCUT2D eigenvalue weighted by Gasteiger charge is -2.37. The number of nitrogens with one attached hydrogen (secondary N) is 1. The van der Waals surface area contributed by atoms with Gasteiger partial charge in [0.1, 0.15) is 16.6 Å². The first-order chi connectivity index (χ1) is 13.0. The van der Waals surface area contributed by atoms with Gasteiger partial charge in [0, 0.05) is 43.1 Å². The molecule has 0 saturated carbocycles. The maximum absolute atomic E-state index is 13.4. The Balaban J connectivity index is 1.65. The molecule has 9 heteroatoms. The van der Waals surface area contributed by atoms with E-state index in [1.807, 2.05) is 6.07 Å². The van der Waals surface area contributed by atoms with Crippen LogP contribution in [-0.2, 0) is 17.5 Å². The molecule has 1 fully saturated rings. The van der Waals surface area contributed by atoms with Crippen LogP contribution in [0, 0.1) is 0 Å². The minimum atomic E-state index is -4.54. The fourth-order valence-electron chi connectivity index (χ4n) is 3.94. The third-order valence-electron chi connectivity index (χ3n) is 5.25. The number of anilines is 1. The first kappa shape index (κ1) is 16.6. The van der Waals surface area contributed by atoms with Crippen LogP contribution in [0.5, 0.6) is 0 Å². The van der Waals surface area contributed by atoms with Gasteiger partial charge in [0.15, 0.2) is 0 Å². The minimum absolute atomic E-state index is 0.165. The highest BCUT2D eigenvalue weighted by molar-refractivity contribution is 5.99. The molecule has 0 spiro atoms. The maximum Gasteiger partial charge on any atom is 0.420 e. The summed E-state index contributed by atoms with van der Waals surface area (Å²) in [5, 5.41) is 9.68. The van der Waals surface area contributed by atoms with Crippen LogP contribution in [0.1, 0.15) is 24.0 Å². The average Bonchev–Trinajstić information content (AvgIpc) is 3.02. The van der Waals surface area contributed by atoms with Gasteiger partial charge in [-0.15, -0.1) is 5.10 Å². The number of aromatic nitrogens is 3. The van der Waals surface area contributed by atoms with Gasteiger partial charge >= 0.3 is 6.18 Å². The highest BCUT2D eigenvalue weighted by atomic mass is 19.4. The van der Waals surface area contributed by atoms with Crippen LogP contribution in [0.25, 0.3) is 22.2 Å². The lowest BCUT2D eigenvalue weighted by Crippen LogP contribution is -2.44. The molecule has 0 unspecified atom stereocenters. The summed E-state index contributed by atoms with van der Waals surface area (Å²) in [7, 11) is 0. The molecular weight excluding hydrogens is 359 g/mol. The first-order valence-corrected chi connectivity index (χ1v) is 8.76. The standard InChI is InChI=1S/C18H16F3N5O/c19-18(20,21)13-8-23-24-16-12-1-2-14-15(12)10(7-22-17(13)16)9-26(25-14)11-3-5-27-6-4-11/h1-2,7-8,11,25H,3-6,9H2. The van der Waals surface area contributed by atoms with Gasteiger partial charge in [0.25, 0.3) is 0 Å². The van der Waals surface area contributed by atoms with E-state index in [9.17, 15) is 13.2 Å². The number of hydrazine groups is 1. The monoisotopic (exact) mass is 375 g/mol. The van der Waals surface area contributed by atoms with Crippen molar-refractivity contribution in [1.82, 2.24) is 20.2 Å². The van der Waals surface area contributed by atoms with E-state index in [4.69, 9.17) is 4.74 Å². The summed E-state index contributed by atoms with van der Waals surface area (Å²) in [6, 6.07) is 3.97. The van der Waals surface area contributed by atoms with Gasteiger partial charge in [-0.3, -0.25) is 4.98 Å². The van der Waals surface area contributed by atoms with E-state index >= 15 is 0 Å². The van der Waals surface area contributed by atoms with Crippen LogP contribution in [0.4, 0.5) is 18.9 Å². The van der Waals surface area contributed by atoms with E-state index in [1.54, 1.807) is 6.07 Å². The second-order valence-electron chi connectivity index (χ2n) is 6.86. The number of hydrogen-bond acceptors (Lipinski definition) is 6. The molecule has 0 bridgehead atoms. The lowest BCUT2D eigenvalue weighted by molar-refractivity contribution is -0.136. The van der Waals surface area contributed by atoms with Crippen molar-refractivity contribution in [3.63, 3.8) is 0 Å². The summed E-state index contributed by atoms with van der Waals surface area (Å²) >= 11 is 0. The summed E-state index contributed by atoms with van der Waals surface area (Å²) in [5.41, 5.74) is 5.76. The Morgan fingerprint density at radius 1 is 1.11 bits per heavy atom. The first-order valence-electron chi connectivity index (χ1n) is 8.76. The van der Waals surface area contributed by atoms with Gasteiger partial charge in [-0.2, -0.15) is 18.3 Å². The van der Waals surface area contributed by atoms with E-state index in [0.717, 1.165) is 35.9 Å². The Morgan fingerprint density at radius 3 is 2.70 bits per heavy atom. The van der Waals surface area contributed by atoms with Crippen molar-refractivity contribution in [2.75, 3.05) is 18.6 Å². The van der Waals surface area contributed by atoms with Gasteiger partial charge in [0.2, 0.25) is 0 Å². The molecule has 4 aliphatic rings. The van der Waals surface area contributed by atoms with E-state index in [-0.39, 0.29) is 11.0 Å². The van der Waals surface area contributed by atoms with E-state index in [1.165, 1.54) is 6.20 Å². The van der Waals surface area contributed by atoms with Gasteiger partial charge in [-0.05, 0) is 30.5 Å². The van der Waals surface area contributed by atoms with Crippen LogP contribution >= 0.6 is 0 Å². The molecule has 4 heterocycles. The molecular formula is C18H16F3N5O. The molecule has 6 nitrogen and oxygen atoms in total. The fraction of sp³-hybridized carbons (Fsp3) is 0.389. The second-order valence-corrected chi connectivity index (χ2v) is 6.86. The van der Waals surface area contributed by atoms with Crippen LogP contribution in [0.2, 0.25) is 0 Å². The van der Waals surface area contributed by atoms with Crippen LogP contribution in [0.15, 0.2) is 24.5 Å². The summed E-state index contributed by atoms with van der Waals surface area (Å²) in [6.45, 7) is 1.98. The van der Waals surface area contributed by atoms with Crippen molar-refractivity contribution in [2.24, 2.45) is 0 Å². The SMILES string of the molecule is FC(F)(F)c1cnnc2c3ccc4c-3c(cnc12)CN(C1CCOCC1)N4. The molecule has 0 aromatic carbocycles. The van der Waals surface area contributed by atoms with E-state index < -0.39 is 11.7 Å². The predicted octanol–water partition coefficient (Wildman–Crippen LogP) is 3.47. The Kier molecular flexibility index (Phi) is 3.70. The quantitative estimate of drug-likeness (QED) is 0.703. The molecule has 1 aliphatic carbocycles. The topological polar surface area (TPSA) is 63.2 Å². The molecule has 1 aromatic heterocycles. The van der Waals surface area contributed by atoms with Crippen molar-refractivity contribution in [2.45, 2.75) is 31.6 Å². The highest BCUT2D eigenvalue weighted by Gasteiger charge is 2.36. The fourth-order valence-corrected chi connectivity index (χ4v) is 3.94. The van der Waals surface area contributed by atoms with Gasteiger partial charge in [0.05, 0.1) is 11.9 Å². The molecule has 0 atom stereocenters. The number of rotatable bonds is 1. The number of nitrogens with zero attached hydrogens (tertiary/aromatic N) is 4. The molecule has 0 radical (unpaired) electrons. The molecule has 0 amide bonds. The average molecular weight is 375 g/mol. The lowest BCUT2D eigenvalue weighted by atomic mass is 10.0. The predicted molar refractivity (Wildman–Crippen MR) is 92.0 cm³/mol. The number of ether oxygens (including phenoxy) is 1. The number of halogens is 3. The molecule has 3 aliphatic heterocycles. The number of alkyl halides is 3. The summed E-state index contributed by atoms with van der Waals surface area (Å²) in [4.78, 5) is 4.18. The maximum atomic E-state index is 13.4. The normalized spacial score (nSPS) is 18.8. The van der Waals surface area contributed by atoms with Crippen molar-refractivity contribution in [1.29, 1.82) is 0 Å². The van der Waals surface area contributed by atoms with E-state index in [2.05, 4.69) is 25.6 Å². The van der Waals surface area contributed by atoms with Crippen molar-refractivity contribution < 1.29 is 17.9 Å². The van der Waals surface area contributed by atoms with Crippen LogP contribution < -0.4 is 5.43 Å².